The Morgan fingerprint density at radius 2 is 1.04 bits per heavy atom. The van der Waals surface area contributed by atoms with Gasteiger partial charge in [-0.25, -0.2) is 5.53 Å². The van der Waals surface area contributed by atoms with Crippen LogP contribution < -0.4 is 5.53 Å². The van der Waals surface area contributed by atoms with Crippen LogP contribution in [0.2, 0.25) is 0 Å². The first-order valence-electron chi connectivity index (χ1n) is 10.6. The Balaban J connectivity index is 1.23. The fraction of sp³-hybridized carbons (Fsp3) is 1.00. The van der Waals surface area contributed by atoms with Crippen LogP contribution in [-0.2, 0) is 0 Å². The summed E-state index contributed by atoms with van der Waals surface area (Å²) >= 11 is 0. The van der Waals surface area contributed by atoms with Crippen LogP contribution in [0, 0.1) is 23.7 Å². The summed E-state index contributed by atoms with van der Waals surface area (Å²) in [5, 5.41) is 4.49. The second-order valence-electron chi connectivity index (χ2n) is 10.4. The molecule has 4 aliphatic carbocycles. The Hall–Kier alpha value is -0.160. The normalized spacial score (nSPS) is 52.8. The standard InChI is InChI=1S/C20H35N4/c1-19(11-15-5-3-6-16(9-15)12-19)23-21-24(22-23)20(2)13-17-7-4-8-18(10-17)14-20/h15-18,21H,3-14H2,1-2H3/q-1. The van der Waals surface area contributed by atoms with Gasteiger partial charge in [0.15, 0.2) is 0 Å². The number of hydrogen-bond donors (Lipinski definition) is 1. The summed E-state index contributed by atoms with van der Waals surface area (Å²) in [5.74, 6) is 3.77. The van der Waals surface area contributed by atoms with Crippen LogP contribution in [0.4, 0.5) is 0 Å². The molecule has 4 saturated carbocycles. The van der Waals surface area contributed by atoms with E-state index in [1.165, 1.54) is 77.0 Å². The Morgan fingerprint density at radius 3 is 1.38 bits per heavy atom. The van der Waals surface area contributed by atoms with Crippen molar-refractivity contribution in [3.8, 4) is 0 Å². The SMILES string of the molecule is CC1(N2[N-]N(C3(C)CC4CCCC(C4)C3)N2)CC2CCCC(C2)C1. The van der Waals surface area contributed by atoms with Crippen LogP contribution in [0.15, 0.2) is 0 Å². The lowest BCUT2D eigenvalue weighted by Gasteiger charge is -2.73. The Kier molecular flexibility index (Phi) is 3.79. The smallest absolute Gasteiger partial charge is 0.0159 e. The van der Waals surface area contributed by atoms with Gasteiger partial charge >= 0.3 is 0 Å². The summed E-state index contributed by atoms with van der Waals surface area (Å²) in [6.07, 6.45) is 17.0. The van der Waals surface area contributed by atoms with Crippen LogP contribution in [0.3, 0.4) is 0 Å². The highest BCUT2D eigenvalue weighted by Crippen LogP contribution is 2.52. The second kappa shape index (κ2) is 5.67. The van der Waals surface area contributed by atoms with Crippen molar-refractivity contribution < 1.29 is 0 Å². The molecule has 0 aromatic carbocycles. The minimum absolute atomic E-state index is 0.241. The van der Waals surface area contributed by atoms with E-state index in [1.807, 2.05) is 0 Å². The maximum atomic E-state index is 5.02. The Morgan fingerprint density at radius 1 is 0.708 bits per heavy atom. The van der Waals surface area contributed by atoms with E-state index in [-0.39, 0.29) is 11.1 Å². The lowest BCUT2D eigenvalue weighted by molar-refractivity contribution is -0.203. The quantitative estimate of drug-likeness (QED) is 0.777. The van der Waals surface area contributed by atoms with Crippen molar-refractivity contribution in [3.63, 3.8) is 0 Å². The van der Waals surface area contributed by atoms with Crippen molar-refractivity contribution in [2.75, 3.05) is 0 Å². The second-order valence-corrected chi connectivity index (χ2v) is 10.4. The van der Waals surface area contributed by atoms with Crippen molar-refractivity contribution in [2.45, 2.75) is 102 Å². The van der Waals surface area contributed by atoms with Gasteiger partial charge in [0, 0.05) is 11.1 Å². The molecule has 24 heavy (non-hydrogen) atoms. The molecule has 4 unspecified atom stereocenters. The molecular weight excluding hydrogens is 296 g/mol. The van der Waals surface area contributed by atoms with Gasteiger partial charge in [-0.2, -0.15) is 0 Å². The van der Waals surface area contributed by atoms with E-state index in [2.05, 4.69) is 29.6 Å². The van der Waals surface area contributed by atoms with Crippen LogP contribution in [0.5, 0.6) is 0 Å². The molecule has 4 atom stereocenters. The fourth-order valence-corrected chi connectivity index (χ4v) is 7.19. The van der Waals surface area contributed by atoms with E-state index < -0.39 is 0 Å². The van der Waals surface area contributed by atoms with Gasteiger partial charge in [-0.1, -0.05) is 38.5 Å². The molecular formula is C20H35N4-. The molecule has 4 heteroatoms. The molecule has 4 nitrogen and oxygen atoms in total. The predicted molar refractivity (Wildman–Crippen MR) is 96.3 cm³/mol. The van der Waals surface area contributed by atoms with Gasteiger partial charge in [-0.15, -0.1) is 0 Å². The Bertz CT molecular complexity index is 420. The molecule has 5 aliphatic rings. The molecule has 136 valence electrons. The number of rotatable bonds is 2. The highest BCUT2D eigenvalue weighted by molar-refractivity contribution is 5.06. The largest absolute Gasteiger partial charge is 0.494 e. The van der Waals surface area contributed by atoms with E-state index in [0.29, 0.717) is 0 Å². The van der Waals surface area contributed by atoms with Crippen LogP contribution >= 0.6 is 0 Å². The summed E-state index contributed by atoms with van der Waals surface area (Å²) in [5.41, 5.74) is 9.18. The van der Waals surface area contributed by atoms with Gasteiger partial charge < -0.3 is 15.8 Å². The van der Waals surface area contributed by atoms with Crippen LogP contribution in [0.25, 0.3) is 5.53 Å². The van der Waals surface area contributed by atoms with E-state index in [0.717, 1.165) is 23.7 Å². The fourth-order valence-electron chi connectivity index (χ4n) is 7.19. The third-order valence-corrected chi connectivity index (χ3v) is 8.09. The monoisotopic (exact) mass is 331 g/mol. The van der Waals surface area contributed by atoms with Crippen LogP contribution in [-0.4, -0.2) is 21.3 Å². The minimum atomic E-state index is 0.241. The molecule has 4 bridgehead atoms. The van der Waals surface area contributed by atoms with Crippen molar-refractivity contribution in [2.24, 2.45) is 23.7 Å². The summed E-state index contributed by atoms with van der Waals surface area (Å²) < 4.78 is 0. The highest BCUT2D eigenvalue weighted by Gasteiger charge is 2.46. The zero-order valence-corrected chi connectivity index (χ0v) is 15.6. The average molecular weight is 332 g/mol. The van der Waals surface area contributed by atoms with Crippen LogP contribution in [0.1, 0.15) is 90.9 Å². The predicted octanol–water partition coefficient (Wildman–Crippen LogP) is 4.95. The van der Waals surface area contributed by atoms with Crippen molar-refractivity contribution in [3.05, 3.63) is 5.53 Å². The van der Waals surface area contributed by atoms with Crippen molar-refractivity contribution in [1.82, 2.24) is 15.8 Å². The molecule has 0 amide bonds. The number of fused-ring (bicyclic) bond motifs is 4. The first-order chi connectivity index (χ1) is 11.5. The maximum Gasteiger partial charge on any atom is 0.0159 e. The van der Waals surface area contributed by atoms with Gasteiger partial charge in [0.1, 0.15) is 0 Å². The molecule has 0 spiro atoms. The van der Waals surface area contributed by atoms with Gasteiger partial charge in [-0.05, 0) is 76.0 Å². The highest BCUT2D eigenvalue weighted by atomic mass is 16.2. The summed E-state index contributed by atoms with van der Waals surface area (Å²) in [7, 11) is 0. The lowest BCUT2D eigenvalue weighted by atomic mass is 9.65. The Labute approximate surface area is 147 Å². The van der Waals surface area contributed by atoms with Gasteiger partial charge in [0.2, 0.25) is 0 Å². The molecule has 0 aromatic heterocycles. The number of hydrogen-bond acceptors (Lipinski definition) is 3. The summed E-state index contributed by atoms with van der Waals surface area (Å²) in [6.45, 7) is 4.90. The molecule has 1 saturated heterocycles. The average Bonchev–Trinajstić information content (AvgIpc) is 2.43. The molecule has 1 heterocycles. The molecule has 0 radical (unpaired) electrons. The van der Waals surface area contributed by atoms with E-state index in [9.17, 15) is 0 Å². The lowest BCUT2D eigenvalue weighted by Crippen LogP contribution is -2.74. The number of nitrogens with zero attached hydrogens (tertiary/aromatic N) is 3. The van der Waals surface area contributed by atoms with Crippen molar-refractivity contribution >= 4 is 0 Å². The minimum Gasteiger partial charge on any atom is -0.494 e. The van der Waals surface area contributed by atoms with E-state index >= 15 is 0 Å². The van der Waals surface area contributed by atoms with Gasteiger partial charge in [0.05, 0.1) is 0 Å². The summed E-state index contributed by atoms with van der Waals surface area (Å²) in [6, 6.07) is 0. The van der Waals surface area contributed by atoms with Crippen molar-refractivity contribution in [1.29, 1.82) is 0 Å². The molecule has 5 fully saturated rings. The molecule has 0 aromatic rings. The molecule has 1 N–H and O–H groups in total. The number of hydrazine groups is 2. The first-order valence-corrected chi connectivity index (χ1v) is 10.6. The van der Waals surface area contributed by atoms with E-state index in [1.54, 1.807) is 0 Å². The van der Waals surface area contributed by atoms with Gasteiger partial charge in [0.25, 0.3) is 0 Å². The van der Waals surface area contributed by atoms with Gasteiger partial charge in [-0.3, -0.25) is 0 Å². The summed E-state index contributed by atoms with van der Waals surface area (Å²) in [4.78, 5) is 0. The first kappa shape index (κ1) is 16.0. The zero-order chi connectivity index (χ0) is 16.4. The maximum absolute atomic E-state index is 5.02. The third kappa shape index (κ3) is 2.65. The zero-order valence-electron chi connectivity index (χ0n) is 15.6. The molecule has 5 rings (SSSR count). The molecule has 1 aliphatic heterocycles. The van der Waals surface area contributed by atoms with E-state index in [4.69, 9.17) is 5.53 Å². The number of nitrogens with one attached hydrogen (secondary N) is 1. The topological polar surface area (TPSA) is 32.6 Å². The third-order valence-electron chi connectivity index (χ3n) is 8.09.